The van der Waals surface area contributed by atoms with Crippen LogP contribution in [0.3, 0.4) is 0 Å². The Bertz CT molecular complexity index is 1010. The van der Waals surface area contributed by atoms with Gasteiger partial charge in [-0.05, 0) is 41.3 Å². The molecule has 2 aliphatic rings. The van der Waals surface area contributed by atoms with E-state index < -0.39 is 0 Å². The van der Waals surface area contributed by atoms with E-state index in [4.69, 9.17) is 14.5 Å². The van der Waals surface area contributed by atoms with E-state index in [-0.39, 0.29) is 12.1 Å². The minimum Gasteiger partial charge on any atom is -0.467 e. The summed E-state index contributed by atoms with van der Waals surface area (Å²) in [7, 11) is 0. The highest BCUT2D eigenvalue weighted by atomic mass is 16.5. The van der Waals surface area contributed by atoms with Crippen molar-refractivity contribution in [3.8, 4) is 5.75 Å². The van der Waals surface area contributed by atoms with Crippen LogP contribution in [0, 0.1) is 0 Å². The van der Waals surface area contributed by atoms with Crippen LogP contribution < -0.4 is 4.74 Å². The first-order valence-corrected chi connectivity index (χ1v) is 9.18. The largest absolute Gasteiger partial charge is 0.467 e. The topological polar surface area (TPSA) is 30.8 Å². The smallest absolute Gasteiger partial charge is 0.217 e. The number of aliphatic imine (C=N–C) groups is 1. The molecule has 5 rings (SSSR count). The van der Waals surface area contributed by atoms with E-state index >= 15 is 0 Å². The van der Waals surface area contributed by atoms with E-state index in [0.29, 0.717) is 5.90 Å². The molecule has 0 aliphatic carbocycles. The molecule has 3 aromatic rings. The molecular formula is C24H19NO2. The summed E-state index contributed by atoms with van der Waals surface area (Å²) in [5.41, 5.74) is 4.41. The molecule has 2 aliphatic heterocycles. The third kappa shape index (κ3) is 3.02. The Labute approximate surface area is 158 Å². The predicted molar refractivity (Wildman–Crippen MR) is 106 cm³/mol. The second kappa shape index (κ2) is 6.76. The van der Waals surface area contributed by atoms with Crippen molar-refractivity contribution in [2.24, 2.45) is 4.99 Å². The van der Waals surface area contributed by atoms with Crippen LogP contribution in [0.25, 0.3) is 0 Å². The molecular weight excluding hydrogens is 334 g/mol. The number of nitrogens with zero attached hydrogens (tertiary/aromatic N) is 1. The first-order chi connectivity index (χ1) is 13.4. The SMILES string of the molecule is C1=COc2cc(C3=N[C@H](c4ccccc4)[C@@H](c4ccccc4)O3)ccc2C1. The fourth-order valence-electron chi connectivity index (χ4n) is 3.61. The van der Waals surface area contributed by atoms with Crippen LogP contribution in [0.5, 0.6) is 5.75 Å². The zero-order valence-electron chi connectivity index (χ0n) is 14.8. The lowest BCUT2D eigenvalue weighted by atomic mass is 9.97. The maximum atomic E-state index is 6.37. The third-order valence-electron chi connectivity index (χ3n) is 4.99. The summed E-state index contributed by atoms with van der Waals surface area (Å²) in [5.74, 6) is 1.54. The van der Waals surface area contributed by atoms with Crippen LogP contribution in [0.4, 0.5) is 0 Å². The summed E-state index contributed by atoms with van der Waals surface area (Å²) in [5, 5.41) is 0. The van der Waals surface area contributed by atoms with Crippen LogP contribution in [0.2, 0.25) is 0 Å². The quantitative estimate of drug-likeness (QED) is 0.632. The second-order valence-corrected chi connectivity index (χ2v) is 6.76. The number of hydrogen-bond acceptors (Lipinski definition) is 3. The fourth-order valence-corrected chi connectivity index (χ4v) is 3.61. The molecule has 2 atom stereocenters. The van der Waals surface area contributed by atoms with Gasteiger partial charge in [-0.3, -0.25) is 0 Å². The summed E-state index contributed by atoms with van der Waals surface area (Å²) in [6.45, 7) is 0. The molecule has 0 amide bonds. The zero-order chi connectivity index (χ0) is 18.1. The highest BCUT2D eigenvalue weighted by Gasteiger charge is 2.34. The summed E-state index contributed by atoms with van der Waals surface area (Å²) < 4.78 is 12.0. The van der Waals surface area contributed by atoms with Crippen LogP contribution in [0.1, 0.15) is 34.4 Å². The molecule has 0 saturated carbocycles. The predicted octanol–water partition coefficient (Wildman–Crippen LogP) is 5.39. The van der Waals surface area contributed by atoms with Gasteiger partial charge in [-0.2, -0.15) is 0 Å². The van der Waals surface area contributed by atoms with Gasteiger partial charge in [0.25, 0.3) is 0 Å². The van der Waals surface area contributed by atoms with E-state index in [0.717, 1.165) is 28.9 Å². The molecule has 3 heteroatoms. The molecule has 0 spiro atoms. The van der Waals surface area contributed by atoms with E-state index in [1.807, 2.05) is 48.5 Å². The van der Waals surface area contributed by atoms with E-state index in [9.17, 15) is 0 Å². The Balaban J connectivity index is 1.54. The number of ether oxygens (including phenoxy) is 2. The molecule has 0 fully saturated rings. The van der Waals surface area contributed by atoms with Gasteiger partial charge in [-0.25, -0.2) is 4.99 Å². The molecule has 27 heavy (non-hydrogen) atoms. The standard InChI is InChI=1S/C24H19NO2/c1-3-8-18(9-4-1)22-23(19-10-5-2-6-11-19)27-24(25-22)20-14-13-17-12-7-15-26-21(17)16-20/h1-11,13-16,22-23H,12H2/t22-,23-/m1/s1. The molecule has 0 bridgehead atoms. The van der Waals surface area contributed by atoms with Crippen molar-refractivity contribution in [2.45, 2.75) is 18.6 Å². The van der Waals surface area contributed by atoms with Crippen LogP contribution >= 0.6 is 0 Å². The van der Waals surface area contributed by atoms with Gasteiger partial charge in [0.1, 0.15) is 11.8 Å². The van der Waals surface area contributed by atoms with Crippen LogP contribution in [-0.4, -0.2) is 5.90 Å². The molecule has 2 heterocycles. The maximum Gasteiger partial charge on any atom is 0.217 e. The fraction of sp³-hybridized carbons (Fsp3) is 0.125. The maximum absolute atomic E-state index is 6.37. The first-order valence-electron chi connectivity index (χ1n) is 9.18. The number of hydrogen-bond donors (Lipinski definition) is 0. The van der Waals surface area contributed by atoms with Gasteiger partial charge in [-0.1, -0.05) is 66.7 Å². The molecule has 0 saturated heterocycles. The summed E-state index contributed by atoms with van der Waals surface area (Å²) in [4.78, 5) is 4.96. The van der Waals surface area contributed by atoms with Crippen LogP contribution in [-0.2, 0) is 11.2 Å². The number of allylic oxidation sites excluding steroid dienone is 1. The Hall–Kier alpha value is -3.33. The van der Waals surface area contributed by atoms with Gasteiger partial charge < -0.3 is 9.47 Å². The van der Waals surface area contributed by atoms with Crippen molar-refractivity contribution in [3.63, 3.8) is 0 Å². The minimum absolute atomic E-state index is 0.0690. The van der Waals surface area contributed by atoms with E-state index in [1.54, 1.807) is 6.26 Å². The van der Waals surface area contributed by atoms with E-state index in [1.165, 1.54) is 5.56 Å². The number of fused-ring (bicyclic) bond motifs is 1. The Morgan fingerprint density at radius 1 is 0.815 bits per heavy atom. The normalized spacial score (nSPS) is 20.4. The number of benzene rings is 3. The molecule has 132 valence electrons. The van der Waals surface area contributed by atoms with Gasteiger partial charge in [-0.15, -0.1) is 0 Å². The second-order valence-electron chi connectivity index (χ2n) is 6.76. The highest BCUT2D eigenvalue weighted by Crippen LogP contribution is 2.41. The lowest BCUT2D eigenvalue weighted by Gasteiger charge is -2.18. The van der Waals surface area contributed by atoms with Crippen molar-refractivity contribution in [2.75, 3.05) is 0 Å². The molecule has 0 N–H and O–H groups in total. The lowest BCUT2D eigenvalue weighted by Crippen LogP contribution is -2.09. The summed E-state index contributed by atoms with van der Waals surface area (Å²) in [6, 6.07) is 26.7. The van der Waals surface area contributed by atoms with E-state index in [2.05, 4.69) is 36.4 Å². The Morgan fingerprint density at radius 3 is 2.33 bits per heavy atom. The minimum atomic E-state index is -0.138. The monoisotopic (exact) mass is 353 g/mol. The summed E-state index contributed by atoms with van der Waals surface area (Å²) >= 11 is 0. The van der Waals surface area contributed by atoms with Crippen molar-refractivity contribution < 1.29 is 9.47 Å². The highest BCUT2D eigenvalue weighted by molar-refractivity contribution is 5.96. The lowest BCUT2D eigenvalue weighted by molar-refractivity contribution is 0.197. The summed E-state index contributed by atoms with van der Waals surface area (Å²) in [6.07, 6.45) is 4.51. The zero-order valence-corrected chi connectivity index (χ0v) is 14.8. The molecule has 0 aromatic heterocycles. The van der Waals surface area contributed by atoms with Gasteiger partial charge in [0.15, 0.2) is 6.10 Å². The molecule has 3 aromatic carbocycles. The Kier molecular flexibility index (Phi) is 3.98. The molecule has 0 unspecified atom stereocenters. The van der Waals surface area contributed by atoms with Crippen molar-refractivity contribution >= 4 is 5.90 Å². The van der Waals surface area contributed by atoms with Gasteiger partial charge in [0, 0.05) is 5.56 Å². The van der Waals surface area contributed by atoms with Crippen molar-refractivity contribution in [3.05, 3.63) is 113 Å². The van der Waals surface area contributed by atoms with Gasteiger partial charge >= 0.3 is 0 Å². The van der Waals surface area contributed by atoms with Crippen molar-refractivity contribution in [1.29, 1.82) is 0 Å². The average molecular weight is 353 g/mol. The third-order valence-corrected chi connectivity index (χ3v) is 4.99. The number of rotatable bonds is 3. The molecule has 0 radical (unpaired) electrons. The van der Waals surface area contributed by atoms with Crippen molar-refractivity contribution in [1.82, 2.24) is 0 Å². The van der Waals surface area contributed by atoms with Gasteiger partial charge in [0.05, 0.1) is 6.26 Å². The average Bonchev–Trinajstić information content (AvgIpc) is 3.20. The Morgan fingerprint density at radius 2 is 1.56 bits per heavy atom. The van der Waals surface area contributed by atoms with Crippen LogP contribution in [0.15, 0.2) is 96.2 Å². The van der Waals surface area contributed by atoms with Gasteiger partial charge in [0.2, 0.25) is 5.90 Å². The molecule has 3 nitrogen and oxygen atoms in total. The first kappa shape index (κ1) is 15.9.